The van der Waals surface area contributed by atoms with Crippen molar-refractivity contribution in [2.24, 2.45) is 0 Å². The number of carbonyl (C=O) groups is 1. The fourth-order valence-electron chi connectivity index (χ4n) is 4.65. The Balaban J connectivity index is 1.19. The summed E-state index contributed by atoms with van der Waals surface area (Å²) in [5.74, 6) is 1.10. The maximum Gasteiger partial charge on any atom is 0.252 e. The third-order valence-electron chi connectivity index (χ3n) is 6.56. The number of thiocarbonyl (C=S) groups is 1. The van der Waals surface area contributed by atoms with E-state index in [1.54, 1.807) is 6.07 Å². The molecule has 2 aliphatic rings. The van der Waals surface area contributed by atoms with Gasteiger partial charge >= 0.3 is 0 Å². The molecular formula is C27H29ClN6OS2. The van der Waals surface area contributed by atoms with Gasteiger partial charge in [0.2, 0.25) is 0 Å². The fraction of sp³-hybridized carbons (Fsp3) is 0.296. The minimum absolute atomic E-state index is 0.0979. The number of aromatic nitrogens is 1. The van der Waals surface area contributed by atoms with Gasteiger partial charge in [-0.2, -0.15) is 0 Å². The average molecular weight is 553 g/mol. The SMILES string of the molecule is O=C(NCCN1CCCC1)c1cnc(NNC(=S)NC2c3ccccc3CSc3ccccc32)c(Cl)c1. The van der Waals surface area contributed by atoms with Gasteiger partial charge in [-0.3, -0.25) is 15.6 Å². The Bertz CT molecular complexity index is 1240. The van der Waals surface area contributed by atoms with E-state index in [9.17, 15) is 4.79 Å². The lowest BCUT2D eigenvalue weighted by Crippen LogP contribution is -2.41. The number of hydrogen-bond acceptors (Lipinski definition) is 6. The van der Waals surface area contributed by atoms with Gasteiger partial charge in [0, 0.05) is 29.9 Å². The molecule has 0 aliphatic carbocycles. The number of fused-ring (bicyclic) bond motifs is 2. The lowest BCUT2D eigenvalue weighted by Gasteiger charge is -2.23. The van der Waals surface area contributed by atoms with Crippen molar-refractivity contribution in [3.05, 3.63) is 88.1 Å². The van der Waals surface area contributed by atoms with E-state index in [2.05, 4.69) is 73.8 Å². The quantitative estimate of drug-likeness (QED) is 0.247. The lowest BCUT2D eigenvalue weighted by molar-refractivity contribution is 0.0949. The van der Waals surface area contributed by atoms with E-state index in [4.69, 9.17) is 23.8 Å². The van der Waals surface area contributed by atoms with Crippen LogP contribution in [0.25, 0.3) is 0 Å². The number of carbonyl (C=O) groups excluding carboxylic acids is 1. The van der Waals surface area contributed by atoms with Crippen LogP contribution in [0, 0.1) is 0 Å². The number of likely N-dealkylation sites (tertiary alicyclic amines) is 1. The molecule has 2 aliphatic heterocycles. The van der Waals surface area contributed by atoms with Crippen LogP contribution in [-0.4, -0.2) is 47.1 Å². The minimum atomic E-state index is -0.186. The molecule has 0 bridgehead atoms. The number of anilines is 1. The molecule has 192 valence electrons. The number of thioether (sulfide) groups is 1. The molecule has 3 aromatic rings. The summed E-state index contributed by atoms with van der Waals surface area (Å²) in [5, 5.41) is 7.11. The van der Waals surface area contributed by atoms with Crippen molar-refractivity contribution in [1.29, 1.82) is 0 Å². The van der Waals surface area contributed by atoms with E-state index in [1.807, 2.05) is 17.8 Å². The Morgan fingerprint density at radius 1 is 1.11 bits per heavy atom. The summed E-state index contributed by atoms with van der Waals surface area (Å²) in [7, 11) is 0. The highest BCUT2D eigenvalue weighted by Gasteiger charge is 2.24. The van der Waals surface area contributed by atoms with Crippen molar-refractivity contribution in [2.45, 2.75) is 29.5 Å². The van der Waals surface area contributed by atoms with Crippen molar-refractivity contribution in [1.82, 2.24) is 25.9 Å². The van der Waals surface area contributed by atoms with Gasteiger partial charge in [-0.15, -0.1) is 11.8 Å². The normalized spacial score (nSPS) is 16.7. The molecule has 5 rings (SSSR count). The lowest BCUT2D eigenvalue weighted by atomic mass is 9.95. The van der Waals surface area contributed by atoms with Crippen LogP contribution < -0.4 is 21.5 Å². The number of nitrogens with one attached hydrogen (secondary N) is 4. The Kier molecular flexibility index (Phi) is 8.45. The number of hydrogen-bond donors (Lipinski definition) is 4. The van der Waals surface area contributed by atoms with E-state index in [0.717, 1.165) is 25.4 Å². The molecule has 7 nitrogen and oxygen atoms in total. The van der Waals surface area contributed by atoms with Gasteiger partial charge in [-0.05, 0) is 67.0 Å². The van der Waals surface area contributed by atoms with Gasteiger partial charge in [-0.1, -0.05) is 54.1 Å². The third kappa shape index (κ3) is 6.35. The molecular weight excluding hydrogens is 524 g/mol. The Hall–Kier alpha value is -2.85. The smallest absolute Gasteiger partial charge is 0.252 e. The molecule has 10 heteroatoms. The van der Waals surface area contributed by atoms with Gasteiger partial charge in [0.15, 0.2) is 10.9 Å². The highest BCUT2D eigenvalue weighted by atomic mass is 35.5. The highest BCUT2D eigenvalue weighted by Crippen LogP contribution is 2.39. The molecule has 1 fully saturated rings. The van der Waals surface area contributed by atoms with Gasteiger partial charge in [0.25, 0.3) is 5.91 Å². The average Bonchev–Trinajstić information content (AvgIpc) is 3.38. The number of amides is 1. The van der Waals surface area contributed by atoms with Crippen molar-refractivity contribution in [3.8, 4) is 0 Å². The van der Waals surface area contributed by atoms with Crippen LogP contribution in [0.5, 0.6) is 0 Å². The number of pyridine rings is 1. The zero-order valence-electron chi connectivity index (χ0n) is 20.3. The molecule has 1 atom stereocenters. The predicted octanol–water partition coefficient (Wildman–Crippen LogP) is 4.75. The zero-order valence-corrected chi connectivity index (χ0v) is 22.7. The first kappa shape index (κ1) is 25.8. The number of hydrazine groups is 1. The Morgan fingerprint density at radius 2 is 1.86 bits per heavy atom. The molecule has 1 unspecified atom stereocenters. The number of nitrogens with zero attached hydrogens (tertiary/aromatic N) is 2. The molecule has 3 heterocycles. The summed E-state index contributed by atoms with van der Waals surface area (Å²) in [5.41, 5.74) is 10.0. The van der Waals surface area contributed by atoms with Crippen LogP contribution >= 0.6 is 35.6 Å². The number of halogens is 1. The fourth-order valence-corrected chi connectivity index (χ4v) is 6.13. The molecule has 0 saturated carbocycles. The van der Waals surface area contributed by atoms with Crippen molar-refractivity contribution >= 4 is 52.4 Å². The standard InChI is InChI=1S/C27H29ClN6OS2/c28-22-15-19(26(35)29-11-14-34-12-5-6-13-34)16-30-25(22)32-33-27(36)31-24-20-8-2-1-7-18(20)17-37-23-10-4-3-9-21(23)24/h1-4,7-10,15-16,24H,5-6,11-14,17H2,(H,29,35)(H,30,32)(H2,31,33,36). The van der Waals surface area contributed by atoms with Crippen molar-refractivity contribution in [2.75, 3.05) is 31.6 Å². The second-order valence-corrected chi connectivity index (χ2v) is 10.9. The molecule has 0 radical (unpaired) electrons. The van der Waals surface area contributed by atoms with Gasteiger partial charge in [0.1, 0.15) is 0 Å². The van der Waals surface area contributed by atoms with E-state index in [0.29, 0.717) is 28.1 Å². The predicted molar refractivity (Wildman–Crippen MR) is 154 cm³/mol. The molecule has 4 N–H and O–H groups in total. The van der Waals surface area contributed by atoms with Crippen LogP contribution in [0.4, 0.5) is 5.82 Å². The maximum absolute atomic E-state index is 12.5. The first-order valence-electron chi connectivity index (χ1n) is 12.4. The third-order valence-corrected chi connectivity index (χ3v) is 8.21. The zero-order chi connectivity index (χ0) is 25.6. The first-order valence-corrected chi connectivity index (χ1v) is 14.1. The molecule has 1 amide bonds. The van der Waals surface area contributed by atoms with Crippen LogP contribution in [0.3, 0.4) is 0 Å². The number of rotatable bonds is 7. The van der Waals surface area contributed by atoms with Crippen LogP contribution in [-0.2, 0) is 5.75 Å². The summed E-state index contributed by atoms with van der Waals surface area (Å²) in [6.45, 7) is 3.66. The second kappa shape index (κ2) is 12.1. The molecule has 2 aromatic carbocycles. The van der Waals surface area contributed by atoms with E-state index >= 15 is 0 Å². The summed E-state index contributed by atoms with van der Waals surface area (Å²) in [6.07, 6.45) is 3.97. The van der Waals surface area contributed by atoms with E-state index in [-0.39, 0.29) is 11.9 Å². The van der Waals surface area contributed by atoms with E-state index < -0.39 is 0 Å². The van der Waals surface area contributed by atoms with Gasteiger partial charge in [0.05, 0.1) is 16.6 Å². The van der Waals surface area contributed by atoms with Gasteiger partial charge in [-0.25, -0.2) is 4.98 Å². The molecule has 37 heavy (non-hydrogen) atoms. The maximum atomic E-state index is 12.5. The summed E-state index contributed by atoms with van der Waals surface area (Å²) in [6, 6.07) is 18.3. The Labute approximate surface area is 231 Å². The van der Waals surface area contributed by atoms with Crippen LogP contribution in [0.1, 0.15) is 45.9 Å². The molecule has 0 spiro atoms. The van der Waals surface area contributed by atoms with E-state index in [1.165, 1.54) is 40.6 Å². The second-order valence-electron chi connectivity index (χ2n) is 9.04. The van der Waals surface area contributed by atoms with Crippen molar-refractivity contribution < 1.29 is 4.79 Å². The Morgan fingerprint density at radius 3 is 2.68 bits per heavy atom. The summed E-state index contributed by atoms with van der Waals surface area (Å²) >= 11 is 13.9. The summed E-state index contributed by atoms with van der Waals surface area (Å²) in [4.78, 5) is 20.4. The summed E-state index contributed by atoms with van der Waals surface area (Å²) < 4.78 is 0. The van der Waals surface area contributed by atoms with Crippen LogP contribution in [0.15, 0.2) is 65.7 Å². The topological polar surface area (TPSA) is 81.3 Å². The van der Waals surface area contributed by atoms with Crippen molar-refractivity contribution in [3.63, 3.8) is 0 Å². The van der Waals surface area contributed by atoms with Crippen LogP contribution in [0.2, 0.25) is 5.02 Å². The number of benzene rings is 2. The highest BCUT2D eigenvalue weighted by molar-refractivity contribution is 7.98. The monoisotopic (exact) mass is 552 g/mol. The largest absolute Gasteiger partial charge is 0.351 e. The molecule has 1 aromatic heterocycles. The first-order chi connectivity index (χ1) is 18.1. The minimum Gasteiger partial charge on any atom is -0.351 e. The van der Waals surface area contributed by atoms with Gasteiger partial charge < -0.3 is 15.5 Å². The molecule has 1 saturated heterocycles.